The Morgan fingerprint density at radius 2 is 1.81 bits per heavy atom. The summed E-state index contributed by atoms with van der Waals surface area (Å²) in [5.74, 6) is -2.11. The van der Waals surface area contributed by atoms with Gasteiger partial charge in [-0.05, 0) is 32.8 Å². The summed E-state index contributed by atoms with van der Waals surface area (Å²) in [5.41, 5.74) is 0.970. The topological polar surface area (TPSA) is 112 Å². The molecule has 0 aromatic carbocycles. The maximum atomic E-state index is 12.4. The predicted octanol–water partition coefficient (Wildman–Crippen LogP) is 2.54. The molecule has 2 fully saturated rings. The average Bonchev–Trinajstić information content (AvgIpc) is 3.30. The maximum Gasteiger partial charge on any atom is 0.334 e. The van der Waals surface area contributed by atoms with E-state index in [9.17, 15) is 19.5 Å². The zero-order valence-electron chi connectivity index (χ0n) is 19.3. The van der Waals surface area contributed by atoms with E-state index in [2.05, 4.69) is 6.58 Å². The van der Waals surface area contributed by atoms with Crippen LogP contribution in [0.25, 0.3) is 0 Å². The first-order valence-corrected chi connectivity index (χ1v) is 10.9. The SMILES string of the molecule is C=C1C(=O)O[C@H]2[C@H]1[C@H](OC(C)=O)C/C(C)=C/C[C@H](O)/C(C)=C/C[C@@H](OC(C)=O)[C@]1(C)O[C@@H]21. The van der Waals surface area contributed by atoms with Crippen molar-refractivity contribution in [1.82, 2.24) is 0 Å². The van der Waals surface area contributed by atoms with Gasteiger partial charge in [0.25, 0.3) is 0 Å². The number of esters is 3. The molecular weight excluding hydrogens is 416 g/mol. The third-order valence-corrected chi connectivity index (χ3v) is 6.51. The van der Waals surface area contributed by atoms with Crippen molar-refractivity contribution >= 4 is 17.9 Å². The Morgan fingerprint density at radius 1 is 1.16 bits per heavy atom. The van der Waals surface area contributed by atoms with E-state index in [1.165, 1.54) is 13.8 Å². The molecule has 0 aromatic heterocycles. The third kappa shape index (κ3) is 4.96. The molecule has 0 radical (unpaired) electrons. The van der Waals surface area contributed by atoms with Crippen LogP contribution in [0, 0.1) is 5.92 Å². The van der Waals surface area contributed by atoms with Gasteiger partial charge >= 0.3 is 17.9 Å². The molecule has 0 amide bonds. The van der Waals surface area contributed by atoms with Gasteiger partial charge in [-0.3, -0.25) is 9.59 Å². The van der Waals surface area contributed by atoms with Crippen LogP contribution in [0.4, 0.5) is 0 Å². The number of ether oxygens (including phenoxy) is 4. The number of aliphatic hydroxyl groups excluding tert-OH is 1. The van der Waals surface area contributed by atoms with Crippen LogP contribution < -0.4 is 0 Å². The van der Waals surface area contributed by atoms with E-state index in [-0.39, 0.29) is 5.57 Å². The Morgan fingerprint density at radius 3 is 2.44 bits per heavy atom. The number of aliphatic hydroxyl groups is 1. The van der Waals surface area contributed by atoms with Crippen LogP contribution in [0.1, 0.15) is 53.9 Å². The molecule has 8 nitrogen and oxygen atoms in total. The lowest BCUT2D eigenvalue weighted by atomic mass is 9.82. The van der Waals surface area contributed by atoms with E-state index in [4.69, 9.17) is 18.9 Å². The summed E-state index contributed by atoms with van der Waals surface area (Å²) in [6.07, 6.45) is 1.45. The van der Waals surface area contributed by atoms with Gasteiger partial charge in [-0.25, -0.2) is 4.79 Å². The van der Waals surface area contributed by atoms with Crippen molar-refractivity contribution in [2.75, 3.05) is 0 Å². The van der Waals surface area contributed by atoms with Crippen LogP contribution in [0.2, 0.25) is 0 Å². The summed E-state index contributed by atoms with van der Waals surface area (Å²) in [6.45, 7) is 12.0. The molecule has 176 valence electrons. The number of rotatable bonds is 2. The van der Waals surface area contributed by atoms with Crippen LogP contribution in [0.5, 0.6) is 0 Å². The molecule has 1 N–H and O–H groups in total. The molecule has 0 saturated carbocycles. The Hall–Kier alpha value is -2.45. The van der Waals surface area contributed by atoms with E-state index in [1.807, 2.05) is 26.0 Å². The molecule has 1 aliphatic carbocycles. The Labute approximate surface area is 188 Å². The molecule has 0 spiro atoms. The molecule has 0 aromatic rings. The molecule has 7 atom stereocenters. The molecule has 8 heteroatoms. The fraction of sp³-hybridized carbons (Fsp3) is 0.625. The average molecular weight is 449 g/mol. The zero-order valence-corrected chi connectivity index (χ0v) is 19.3. The highest BCUT2D eigenvalue weighted by Gasteiger charge is 2.67. The molecule has 32 heavy (non-hydrogen) atoms. The van der Waals surface area contributed by atoms with Gasteiger partial charge in [-0.2, -0.15) is 0 Å². The number of carbonyl (C=O) groups is 3. The summed E-state index contributed by atoms with van der Waals surface area (Å²) >= 11 is 0. The first-order chi connectivity index (χ1) is 14.9. The highest BCUT2D eigenvalue weighted by molar-refractivity contribution is 5.91. The number of epoxide rings is 1. The second kappa shape index (κ2) is 9.19. The standard InChI is InChI=1S/C24H32O8/c1-12-7-9-17(27)13(2)8-10-19(30-16(5)26)24(6)22(32-24)21-20(14(3)23(28)31-21)18(11-12)29-15(4)25/h7-8,17-22,27H,3,9-11H2,1-2,4-6H3/b12-7+,13-8+/t17-,18+,19+,20+,21-,22-,24-/m0/s1. The first-order valence-electron chi connectivity index (χ1n) is 10.9. The number of hydrogen-bond donors (Lipinski definition) is 1. The molecule has 0 bridgehead atoms. The monoisotopic (exact) mass is 448 g/mol. The van der Waals surface area contributed by atoms with E-state index in [0.29, 0.717) is 19.3 Å². The van der Waals surface area contributed by atoms with Crippen molar-refractivity contribution in [1.29, 1.82) is 0 Å². The Kier molecular flexibility index (Phi) is 6.95. The summed E-state index contributed by atoms with van der Waals surface area (Å²) in [4.78, 5) is 36.1. The molecule has 2 heterocycles. The van der Waals surface area contributed by atoms with Crippen molar-refractivity contribution in [2.45, 2.75) is 90.0 Å². The molecule has 3 rings (SSSR count). The quantitative estimate of drug-likeness (QED) is 0.226. The van der Waals surface area contributed by atoms with Gasteiger partial charge in [-0.1, -0.05) is 24.3 Å². The number of fused-ring (bicyclic) bond motifs is 3. The van der Waals surface area contributed by atoms with Crippen molar-refractivity contribution < 1.29 is 38.4 Å². The number of carbonyl (C=O) groups excluding carboxylic acids is 3. The van der Waals surface area contributed by atoms with Gasteiger partial charge in [0.1, 0.15) is 30.0 Å². The predicted molar refractivity (Wildman–Crippen MR) is 114 cm³/mol. The smallest absolute Gasteiger partial charge is 0.334 e. The first kappa shape index (κ1) is 24.2. The van der Waals surface area contributed by atoms with E-state index in [1.54, 1.807) is 6.92 Å². The lowest BCUT2D eigenvalue weighted by Gasteiger charge is -2.28. The van der Waals surface area contributed by atoms with E-state index in [0.717, 1.165) is 11.1 Å². The lowest BCUT2D eigenvalue weighted by Crippen LogP contribution is -2.41. The minimum Gasteiger partial charge on any atom is -0.461 e. The van der Waals surface area contributed by atoms with Crippen LogP contribution in [0.3, 0.4) is 0 Å². The summed E-state index contributed by atoms with van der Waals surface area (Å²) in [5, 5.41) is 10.5. The largest absolute Gasteiger partial charge is 0.461 e. The van der Waals surface area contributed by atoms with Gasteiger partial charge in [0.15, 0.2) is 0 Å². The fourth-order valence-corrected chi connectivity index (χ4v) is 4.57. The highest BCUT2D eigenvalue weighted by Crippen LogP contribution is 2.50. The van der Waals surface area contributed by atoms with Crippen LogP contribution >= 0.6 is 0 Å². The second-order valence-electron chi connectivity index (χ2n) is 9.08. The fourth-order valence-electron chi connectivity index (χ4n) is 4.57. The minimum atomic E-state index is -0.906. The summed E-state index contributed by atoms with van der Waals surface area (Å²) in [7, 11) is 0. The van der Waals surface area contributed by atoms with Crippen LogP contribution in [-0.2, 0) is 33.3 Å². The van der Waals surface area contributed by atoms with Gasteiger partial charge in [0, 0.05) is 32.3 Å². The minimum absolute atomic E-state index is 0.221. The third-order valence-electron chi connectivity index (χ3n) is 6.51. The number of hydrogen-bond acceptors (Lipinski definition) is 8. The summed E-state index contributed by atoms with van der Waals surface area (Å²) in [6, 6.07) is 0. The van der Waals surface area contributed by atoms with Crippen molar-refractivity contribution in [3.63, 3.8) is 0 Å². The van der Waals surface area contributed by atoms with Gasteiger partial charge in [0.05, 0.1) is 12.0 Å². The normalized spacial score (nSPS) is 40.9. The van der Waals surface area contributed by atoms with Crippen LogP contribution in [0.15, 0.2) is 35.5 Å². The van der Waals surface area contributed by atoms with Crippen molar-refractivity contribution in [3.05, 3.63) is 35.5 Å². The second-order valence-corrected chi connectivity index (χ2v) is 9.08. The van der Waals surface area contributed by atoms with E-state index < -0.39 is 59.9 Å². The van der Waals surface area contributed by atoms with Gasteiger partial charge in [-0.15, -0.1) is 0 Å². The van der Waals surface area contributed by atoms with Crippen LogP contribution in [-0.4, -0.2) is 59.1 Å². The van der Waals surface area contributed by atoms with E-state index >= 15 is 0 Å². The maximum absolute atomic E-state index is 12.4. The molecule has 2 aliphatic heterocycles. The van der Waals surface area contributed by atoms with Crippen molar-refractivity contribution in [2.24, 2.45) is 5.92 Å². The Bertz CT molecular complexity index is 871. The van der Waals surface area contributed by atoms with Gasteiger partial charge < -0.3 is 24.1 Å². The summed E-state index contributed by atoms with van der Waals surface area (Å²) < 4.78 is 22.8. The molecular formula is C24H32O8. The molecule has 0 unspecified atom stereocenters. The Balaban J connectivity index is 2.03. The van der Waals surface area contributed by atoms with Gasteiger partial charge in [0.2, 0.25) is 0 Å². The lowest BCUT2D eigenvalue weighted by molar-refractivity contribution is -0.151. The van der Waals surface area contributed by atoms with Crippen molar-refractivity contribution in [3.8, 4) is 0 Å². The molecule has 2 saturated heterocycles. The zero-order chi connectivity index (χ0) is 23.8. The molecule has 3 aliphatic rings. The highest BCUT2D eigenvalue weighted by atomic mass is 16.7.